The molecule has 0 fully saturated rings. The summed E-state index contributed by atoms with van der Waals surface area (Å²) < 4.78 is 0. The van der Waals surface area contributed by atoms with Crippen molar-refractivity contribution in [3.05, 3.63) is 65.2 Å². The van der Waals surface area contributed by atoms with Crippen molar-refractivity contribution < 1.29 is 9.59 Å². The monoisotopic (exact) mass is 322 g/mol. The lowest BCUT2D eigenvalue weighted by molar-refractivity contribution is -0.134. The maximum Gasteiger partial charge on any atom is 0.246 e. The Kier molecular flexibility index (Phi) is 4.65. The van der Waals surface area contributed by atoms with Gasteiger partial charge in [-0.2, -0.15) is 0 Å². The van der Waals surface area contributed by atoms with E-state index in [0.717, 1.165) is 23.2 Å². The first kappa shape index (κ1) is 16.2. The van der Waals surface area contributed by atoms with E-state index in [4.69, 9.17) is 0 Å². The molecule has 2 aromatic carbocycles. The molecule has 2 aromatic rings. The van der Waals surface area contributed by atoms with Crippen molar-refractivity contribution in [3.8, 4) is 0 Å². The maximum absolute atomic E-state index is 12.7. The zero-order valence-corrected chi connectivity index (χ0v) is 14.2. The summed E-state index contributed by atoms with van der Waals surface area (Å²) in [6, 6.07) is 15.9. The van der Waals surface area contributed by atoms with Gasteiger partial charge in [0.15, 0.2) is 0 Å². The third-order valence-electron chi connectivity index (χ3n) is 4.58. The summed E-state index contributed by atoms with van der Waals surface area (Å²) >= 11 is 0. The summed E-state index contributed by atoms with van der Waals surface area (Å²) in [5, 5.41) is 0. The molecule has 0 saturated carbocycles. The Bertz CT molecular complexity index is 770. The summed E-state index contributed by atoms with van der Waals surface area (Å²) in [4.78, 5) is 28.2. The molecule has 1 aliphatic heterocycles. The summed E-state index contributed by atoms with van der Waals surface area (Å²) in [5.74, 6) is -0.109. The second kappa shape index (κ2) is 6.87. The first-order valence-electron chi connectivity index (χ1n) is 8.24. The van der Waals surface area contributed by atoms with Crippen LogP contribution in [-0.4, -0.2) is 29.8 Å². The van der Waals surface area contributed by atoms with Crippen molar-refractivity contribution in [2.24, 2.45) is 0 Å². The molecule has 4 heteroatoms. The average molecular weight is 322 g/mol. The summed E-state index contributed by atoms with van der Waals surface area (Å²) in [6.45, 7) is 4.80. The number of carbonyl (C=O) groups is 2. The van der Waals surface area contributed by atoms with Crippen LogP contribution in [0, 0.1) is 6.92 Å². The van der Waals surface area contributed by atoms with E-state index in [-0.39, 0.29) is 18.4 Å². The lowest BCUT2D eigenvalue weighted by Gasteiger charge is -2.25. The van der Waals surface area contributed by atoms with E-state index in [9.17, 15) is 9.59 Å². The molecule has 0 radical (unpaired) electrons. The predicted molar refractivity (Wildman–Crippen MR) is 94.8 cm³/mol. The third kappa shape index (κ3) is 3.32. The second-order valence-corrected chi connectivity index (χ2v) is 6.23. The number of amides is 2. The first-order chi connectivity index (χ1) is 11.6. The predicted octanol–water partition coefficient (Wildman–Crippen LogP) is 2.93. The summed E-state index contributed by atoms with van der Waals surface area (Å²) in [7, 11) is 0. The highest BCUT2D eigenvalue weighted by Gasteiger charge is 2.26. The van der Waals surface area contributed by atoms with Gasteiger partial charge in [0.2, 0.25) is 11.8 Å². The van der Waals surface area contributed by atoms with E-state index < -0.39 is 0 Å². The van der Waals surface area contributed by atoms with E-state index in [1.54, 1.807) is 9.80 Å². The fraction of sp³-hybridized carbons (Fsp3) is 0.300. The normalized spacial score (nSPS) is 12.8. The molecule has 0 unspecified atom stereocenters. The Labute approximate surface area is 142 Å². The number of anilines is 1. The maximum atomic E-state index is 12.7. The first-order valence-corrected chi connectivity index (χ1v) is 8.24. The molecule has 4 nitrogen and oxygen atoms in total. The lowest BCUT2D eigenvalue weighted by atomic mass is 10.1. The Morgan fingerprint density at radius 2 is 1.79 bits per heavy atom. The molecular weight excluding hydrogens is 300 g/mol. The van der Waals surface area contributed by atoms with E-state index >= 15 is 0 Å². The van der Waals surface area contributed by atoms with Crippen LogP contribution in [0.25, 0.3) is 0 Å². The summed E-state index contributed by atoms with van der Waals surface area (Å²) in [5.41, 5.74) is 4.37. The third-order valence-corrected chi connectivity index (χ3v) is 4.58. The minimum absolute atomic E-state index is 0.0243. The van der Waals surface area contributed by atoms with Crippen LogP contribution in [0.4, 0.5) is 5.69 Å². The van der Waals surface area contributed by atoms with Crippen molar-refractivity contribution in [2.75, 3.05) is 18.0 Å². The molecule has 0 N–H and O–H groups in total. The van der Waals surface area contributed by atoms with E-state index in [2.05, 4.69) is 6.07 Å². The zero-order chi connectivity index (χ0) is 17.1. The van der Waals surface area contributed by atoms with Crippen molar-refractivity contribution in [1.82, 2.24) is 4.90 Å². The minimum Gasteiger partial charge on any atom is -0.329 e. The molecule has 0 bridgehead atoms. The molecule has 0 atom stereocenters. The Balaban J connectivity index is 1.74. The van der Waals surface area contributed by atoms with Gasteiger partial charge >= 0.3 is 0 Å². The number of hydrogen-bond acceptors (Lipinski definition) is 2. The number of fused-ring (bicyclic) bond motifs is 1. The van der Waals surface area contributed by atoms with Gasteiger partial charge in [-0.25, -0.2) is 0 Å². The molecule has 124 valence electrons. The number of rotatable bonds is 4. The van der Waals surface area contributed by atoms with Crippen LogP contribution in [0.1, 0.15) is 23.6 Å². The van der Waals surface area contributed by atoms with Gasteiger partial charge in [-0.15, -0.1) is 0 Å². The molecule has 0 aliphatic carbocycles. The Morgan fingerprint density at radius 3 is 2.54 bits per heavy atom. The van der Waals surface area contributed by atoms with Gasteiger partial charge in [-0.3, -0.25) is 9.59 Å². The van der Waals surface area contributed by atoms with Crippen LogP contribution in [-0.2, 0) is 22.6 Å². The van der Waals surface area contributed by atoms with Crippen molar-refractivity contribution in [1.29, 1.82) is 0 Å². The van der Waals surface area contributed by atoms with Crippen LogP contribution in [0.5, 0.6) is 0 Å². The van der Waals surface area contributed by atoms with Crippen LogP contribution in [0.15, 0.2) is 48.5 Å². The fourth-order valence-corrected chi connectivity index (χ4v) is 3.12. The molecule has 0 spiro atoms. The quantitative estimate of drug-likeness (QED) is 0.868. The number of nitrogens with zero attached hydrogens (tertiary/aromatic N) is 2. The number of aryl methyl sites for hydroxylation is 1. The van der Waals surface area contributed by atoms with E-state index in [1.165, 1.54) is 12.5 Å². The number of carbonyl (C=O) groups excluding carboxylic acids is 2. The molecule has 1 aliphatic rings. The molecule has 0 aromatic heterocycles. The SMILES string of the molecule is CC(=O)N(CC(=O)N1CCc2ccccc21)Cc1ccccc1C. The highest BCUT2D eigenvalue weighted by molar-refractivity contribution is 5.98. The van der Waals surface area contributed by atoms with Crippen LogP contribution < -0.4 is 4.90 Å². The number of hydrogen-bond donors (Lipinski definition) is 0. The minimum atomic E-state index is -0.0842. The Morgan fingerprint density at radius 1 is 1.08 bits per heavy atom. The van der Waals surface area contributed by atoms with Crippen molar-refractivity contribution >= 4 is 17.5 Å². The Hall–Kier alpha value is -2.62. The fourth-order valence-electron chi connectivity index (χ4n) is 3.12. The van der Waals surface area contributed by atoms with E-state index in [0.29, 0.717) is 13.1 Å². The van der Waals surface area contributed by atoms with Gasteiger partial charge in [0.25, 0.3) is 0 Å². The average Bonchev–Trinajstić information content (AvgIpc) is 3.00. The van der Waals surface area contributed by atoms with Crippen LogP contribution in [0.3, 0.4) is 0 Å². The largest absolute Gasteiger partial charge is 0.329 e. The van der Waals surface area contributed by atoms with Crippen molar-refractivity contribution in [2.45, 2.75) is 26.8 Å². The summed E-state index contributed by atoms with van der Waals surface area (Å²) in [6.07, 6.45) is 0.875. The molecule has 1 heterocycles. The molecule has 0 saturated heterocycles. The van der Waals surface area contributed by atoms with Gasteiger partial charge in [-0.05, 0) is 36.1 Å². The highest BCUT2D eigenvalue weighted by atomic mass is 16.2. The van der Waals surface area contributed by atoms with Crippen LogP contribution >= 0.6 is 0 Å². The topological polar surface area (TPSA) is 40.6 Å². The van der Waals surface area contributed by atoms with Crippen molar-refractivity contribution in [3.63, 3.8) is 0 Å². The number of benzene rings is 2. The van der Waals surface area contributed by atoms with Gasteiger partial charge in [0.1, 0.15) is 6.54 Å². The zero-order valence-electron chi connectivity index (χ0n) is 14.2. The second-order valence-electron chi connectivity index (χ2n) is 6.23. The molecule has 24 heavy (non-hydrogen) atoms. The van der Waals surface area contributed by atoms with Gasteiger partial charge in [-0.1, -0.05) is 42.5 Å². The van der Waals surface area contributed by atoms with E-state index in [1.807, 2.05) is 49.4 Å². The smallest absolute Gasteiger partial charge is 0.246 e. The van der Waals surface area contributed by atoms with Gasteiger partial charge in [0, 0.05) is 25.7 Å². The number of para-hydroxylation sites is 1. The molecule has 3 rings (SSSR count). The van der Waals surface area contributed by atoms with Gasteiger partial charge < -0.3 is 9.80 Å². The van der Waals surface area contributed by atoms with Gasteiger partial charge in [0.05, 0.1) is 0 Å². The standard InChI is InChI=1S/C20H22N2O2/c1-15-7-3-4-9-18(15)13-21(16(2)23)14-20(24)22-12-11-17-8-5-6-10-19(17)22/h3-10H,11-14H2,1-2H3. The van der Waals surface area contributed by atoms with Crippen LogP contribution in [0.2, 0.25) is 0 Å². The lowest BCUT2D eigenvalue weighted by Crippen LogP contribution is -2.41. The molecule has 2 amide bonds. The molecular formula is C20H22N2O2. The highest BCUT2D eigenvalue weighted by Crippen LogP contribution is 2.27.